The number of halogens is 3. The van der Waals surface area contributed by atoms with Gasteiger partial charge >= 0.3 is 0 Å². The number of carbonyl (C=O) groups is 2. The summed E-state index contributed by atoms with van der Waals surface area (Å²) in [5.74, 6) is -4.59. The van der Waals surface area contributed by atoms with Gasteiger partial charge in [0.1, 0.15) is 6.04 Å². The number of carbonyl (C=O) groups excluding carboxylic acids is 2. The molecule has 0 spiro atoms. The van der Waals surface area contributed by atoms with Crippen LogP contribution >= 0.6 is 11.6 Å². The van der Waals surface area contributed by atoms with Crippen LogP contribution in [0.15, 0.2) is 49.3 Å². The Morgan fingerprint density at radius 2 is 2.19 bits per heavy atom. The fourth-order valence-corrected chi connectivity index (χ4v) is 2.98. The zero-order chi connectivity index (χ0) is 18.9. The Morgan fingerprint density at radius 1 is 1.42 bits per heavy atom. The number of benzene rings is 1. The number of hydrogen-bond donors (Lipinski definition) is 1. The lowest BCUT2D eigenvalue weighted by atomic mass is 10.1. The summed E-state index contributed by atoms with van der Waals surface area (Å²) in [5.41, 5.74) is 0.692. The topological polar surface area (TPSA) is 67.2 Å². The van der Waals surface area contributed by atoms with E-state index in [9.17, 15) is 18.4 Å². The molecule has 1 fully saturated rings. The predicted molar refractivity (Wildman–Crippen MR) is 91.6 cm³/mol. The lowest BCUT2D eigenvalue weighted by molar-refractivity contribution is -0.126. The second-order valence-electron chi connectivity index (χ2n) is 5.82. The van der Waals surface area contributed by atoms with Crippen molar-refractivity contribution in [2.45, 2.75) is 12.0 Å². The van der Waals surface area contributed by atoms with E-state index in [2.05, 4.69) is 17.0 Å². The van der Waals surface area contributed by atoms with Gasteiger partial charge in [0.2, 0.25) is 5.91 Å². The lowest BCUT2D eigenvalue weighted by Gasteiger charge is -2.19. The van der Waals surface area contributed by atoms with Crippen LogP contribution in [0.5, 0.6) is 0 Å². The number of amides is 2. The van der Waals surface area contributed by atoms with E-state index >= 15 is 0 Å². The SMILES string of the molecule is C=CC(=O)N1CC(NC(=O)c2ccc(-n3cccn3)cc2Cl)C(F)(F)C1. The Morgan fingerprint density at radius 3 is 2.81 bits per heavy atom. The van der Waals surface area contributed by atoms with Gasteiger partial charge in [0, 0.05) is 18.9 Å². The highest BCUT2D eigenvalue weighted by Crippen LogP contribution is 2.29. The molecule has 3 rings (SSSR count). The Balaban J connectivity index is 1.76. The highest BCUT2D eigenvalue weighted by atomic mass is 35.5. The molecule has 136 valence electrons. The summed E-state index contributed by atoms with van der Waals surface area (Å²) < 4.78 is 29.7. The monoisotopic (exact) mass is 380 g/mol. The maximum atomic E-state index is 14.1. The van der Waals surface area contributed by atoms with Crippen molar-refractivity contribution in [2.24, 2.45) is 0 Å². The van der Waals surface area contributed by atoms with Gasteiger partial charge in [-0.3, -0.25) is 9.59 Å². The molecule has 9 heteroatoms. The number of rotatable bonds is 4. The van der Waals surface area contributed by atoms with Crippen molar-refractivity contribution in [3.05, 3.63) is 59.9 Å². The molecule has 1 aliphatic heterocycles. The van der Waals surface area contributed by atoms with E-state index in [1.165, 1.54) is 12.1 Å². The molecule has 1 saturated heterocycles. The van der Waals surface area contributed by atoms with Gasteiger partial charge in [0.05, 0.1) is 22.8 Å². The van der Waals surface area contributed by atoms with E-state index in [1.807, 2.05) is 0 Å². The molecule has 0 saturated carbocycles. The number of aromatic nitrogens is 2. The fraction of sp³-hybridized carbons (Fsp3) is 0.235. The molecule has 2 amide bonds. The molecular formula is C17H15ClF2N4O2. The quantitative estimate of drug-likeness (QED) is 0.827. The molecular weight excluding hydrogens is 366 g/mol. The Kier molecular flexibility index (Phi) is 4.78. The maximum absolute atomic E-state index is 14.1. The highest BCUT2D eigenvalue weighted by molar-refractivity contribution is 6.34. The number of nitrogens with zero attached hydrogens (tertiary/aromatic N) is 3. The van der Waals surface area contributed by atoms with Crippen LogP contribution in [0.4, 0.5) is 8.78 Å². The molecule has 1 aromatic carbocycles. The average Bonchev–Trinajstić information content (AvgIpc) is 3.22. The normalized spacial score (nSPS) is 18.6. The van der Waals surface area contributed by atoms with Crippen LogP contribution in [0.1, 0.15) is 10.4 Å². The van der Waals surface area contributed by atoms with Gasteiger partial charge in [0.15, 0.2) is 0 Å². The minimum absolute atomic E-state index is 0.0619. The van der Waals surface area contributed by atoms with E-state index < -0.39 is 30.3 Å². The Labute approximate surface area is 153 Å². The summed E-state index contributed by atoms with van der Waals surface area (Å²) in [6.45, 7) is 2.21. The van der Waals surface area contributed by atoms with Crippen molar-refractivity contribution in [1.29, 1.82) is 0 Å². The first-order chi connectivity index (χ1) is 12.3. The zero-order valence-electron chi connectivity index (χ0n) is 13.5. The number of nitrogens with one attached hydrogen (secondary N) is 1. The minimum atomic E-state index is -3.24. The summed E-state index contributed by atoms with van der Waals surface area (Å²) in [6.07, 6.45) is 4.26. The zero-order valence-corrected chi connectivity index (χ0v) is 14.3. The summed E-state index contributed by atoms with van der Waals surface area (Å²) in [4.78, 5) is 24.9. The van der Waals surface area contributed by atoms with Crippen molar-refractivity contribution in [1.82, 2.24) is 20.0 Å². The van der Waals surface area contributed by atoms with Crippen LogP contribution in [0.3, 0.4) is 0 Å². The summed E-state index contributed by atoms with van der Waals surface area (Å²) in [5, 5.41) is 6.42. The predicted octanol–water partition coefficient (Wildman–Crippen LogP) is 2.29. The van der Waals surface area contributed by atoms with E-state index in [4.69, 9.17) is 11.6 Å². The molecule has 1 aromatic heterocycles. The molecule has 26 heavy (non-hydrogen) atoms. The largest absolute Gasteiger partial charge is 0.341 e. The number of hydrogen-bond acceptors (Lipinski definition) is 3. The molecule has 1 N–H and O–H groups in total. The highest BCUT2D eigenvalue weighted by Gasteiger charge is 2.50. The molecule has 2 heterocycles. The molecule has 1 atom stereocenters. The van der Waals surface area contributed by atoms with Crippen LogP contribution in [0.2, 0.25) is 5.02 Å². The molecule has 0 radical (unpaired) electrons. The van der Waals surface area contributed by atoms with Crippen molar-refractivity contribution < 1.29 is 18.4 Å². The second-order valence-corrected chi connectivity index (χ2v) is 6.23. The first-order valence-corrected chi connectivity index (χ1v) is 8.09. The second kappa shape index (κ2) is 6.87. The fourth-order valence-electron chi connectivity index (χ4n) is 2.72. The first kappa shape index (κ1) is 18.1. The van der Waals surface area contributed by atoms with Gasteiger partial charge in [-0.1, -0.05) is 18.2 Å². The molecule has 1 aliphatic rings. The van der Waals surface area contributed by atoms with Crippen LogP contribution in [0.25, 0.3) is 5.69 Å². The third kappa shape index (κ3) is 3.45. The third-order valence-corrected chi connectivity index (χ3v) is 4.39. The van der Waals surface area contributed by atoms with Crippen molar-refractivity contribution in [3.63, 3.8) is 0 Å². The summed E-state index contributed by atoms with van der Waals surface area (Å²) in [7, 11) is 0. The number of likely N-dealkylation sites (tertiary alicyclic amines) is 1. The molecule has 0 aliphatic carbocycles. The van der Waals surface area contributed by atoms with Gasteiger partial charge in [-0.15, -0.1) is 0 Å². The molecule has 2 aromatic rings. The van der Waals surface area contributed by atoms with Crippen LogP contribution in [0, 0.1) is 0 Å². The molecule has 0 bridgehead atoms. The van der Waals surface area contributed by atoms with Gasteiger partial charge in [-0.25, -0.2) is 13.5 Å². The van der Waals surface area contributed by atoms with Crippen LogP contribution < -0.4 is 5.32 Å². The summed E-state index contributed by atoms with van der Waals surface area (Å²) in [6, 6.07) is 4.79. The van der Waals surface area contributed by atoms with Crippen LogP contribution in [-0.4, -0.2) is 51.5 Å². The third-order valence-electron chi connectivity index (χ3n) is 4.07. The van der Waals surface area contributed by atoms with Gasteiger partial charge in [-0.05, 0) is 30.3 Å². The van der Waals surface area contributed by atoms with Crippen molar-refractivity contribution in [3.8, 4) is 5.69 Å². The number of alkyl halides is 2. The minimum Gasteiger partial charge on any atom is -0.341 e. The maximum Gasteiger partial charge on any atom is 0.286 e. The van der Waals surface area contributed by atoms with Gasteiger partial charge in [-0.2, -0.15) is 5.10 Å². The lowest BCUT2D eigenvalue weighted by Crippen LogP contribution is -2.46. The first-order valence-electron chi connectivity index (χ1n) is 7.71. The van der Waals surface area contributed by atoms with Gasteiger partial charge in [0.25, 0.3) is 11.8 Å². The van der Waals surface area contributed by atoms with Gasteiger partial charge < -0.3 is 10.2 Å². The van der Waals surface area contributed by atoms with Crippen molar-refractivity contribution in [2.75, 3.05) is 13.1 Å². The van der Waals surface area contributed by atoms with Crippen LogP contribution in [-0.2, 0) is 4.79 Å². The van der Waals surface area contributed by atoms with E-state index in [1.54, 1.807) is 29.2 Å². The summed E-state index contributed by atoms with van der Waals surface area (Å²) >= 11 is 6.13. The Hall–Kier alpha value is -2.74. The van der Waals surface area contributed by atoms with Crippen molar-refractivity contribution >= 4 is 23.4 Å². The smallest absolute Gasteiger partial charge is 0.286 e. The Bertz CT molecular complexity index is 854. The molecule has 1 unspecified atom stereocenters. The average molecular weight is 381 g/mol. The van der Waals surface area contributed by atoms with E-state index in [0.717, 1.165) is 11.0 Å². The van der Waals surface area contributed by atoms with E-state index in [-0.39, 0.29) is 17.1 Å². The van der Waals surface area contributed by atoms with E-state index in [0.29, 0.717) is 5.69 Å². The standard InChI is InChI=1S/C17H15ClF2N4O2/c1-2-15(25)23-9-14(17(19,20)10-23)22-16(26)12-5-4-11(8-13(12)18)24-7-3-6-21-24/h2-8,14H,1,9-10H2,(H,22,26). The molecule has 6 nitrogen and oxygen atoms in total.